The second-order valence-electron chi connectivity index (χ2n) is 3.50. The van der Waals surface area contributed by atoms with Crippen molar-refractivity contribution >= 4 is 28.3 Å². The van der Waals surface area contributed by atoms with Gasteiger partial charge in [0.2, 0.25) is 5.16 Å². The summed E-state index contributed by atoms with van der Waals surface area (Å²) < 4.78 is 1.67. The van der Waals surface area contributed by atoms with E-state index < -0.39 is 0 Å². The van der Waals surface area contributed by atoms with Crippen molar-refractivity contribution in [2.75, 3.05) is 12.4 Å². The first-order valence-corrected chi connectivity index (χ1v) is 6.21. The molecular formula is C11H10N4OS. The minimum atomic E-state index is 0.124. The number of benzene rings is 1. The topological polar surface area (TPSA) is 63.3 Å². The van der Waals surface area contributed by atoms with Crippen LogP contribution in [0.4, 0.5) is 0 Å². The Hall–Kier alpha value is -1.66. The zero-order valence-electron chi connectivity index (χ0n) is 8.95. The van der Waals surface area contributed by atoms with Gasteiger partial charge in [-0.2, -0.15) is 0 Å². The van der Waals surface area contributed by atoms with Crippen molar-refractivity contribution in [2.24, 2.45) is 0 Å². The Labute approximate surface area is 102 Å². The van der Waals surface area contributed by atoms with Gasteiger partial charge in [0.15, 0.2) is 5.65 Å². The molecule has 0 aliphatic heterocycles. The monoisotopic (exact) mass is 246 g/mol. The lowest BCUT2D eigenvalue weighted by molar-refractivity contribution is 0.322. The number of hydrogen-bond acceptors (Lipinski definition) is 5. The van der Waals surface area contributed by atoms with Gasteiger partial charge in [0.25, 0.3) is 0 Å². The van der Waals surface area contributed by atoms with E-state index in [-0.39, 0.29) is 6.61 Å². The van der Waals surface area contributed by atoms with Gasteiger partial charge in [-0.05, 0) is 12.1 Å². The summed E-state index contributed by atoms with van der Waals surface area (Å²) in [4.78, 5) is 8.75. The Balaban J connectivity index is 2.17. The lowest BCUT2D eigenvalue weighted by Gasteiger charge is -1.96. The molecule has 17 heavy (non-hydrogen) atoms. The number of para-hydroxylation sites is 1. The molecule has 5 nitrogen and oxygen atoms in total. The molecule has 0 spiro atoms. The molecule has 0 saturated carbocycles. The average molecular weight is 246 g/mol. The quantitative estimate of drug-likeness (QED) is 0.707. The number of aliphatic hydroxyl groups excluding tert-OH is 1. The highest BCUT2D eigenvalue weighted by Crippen LogP contribution is 2.19. The molecule has 0 radical (unpaired) electrons. The van der Waals surface area contributed by atoms with Crippen LogP contribution in [-0.2, 0) is 0 Å². The number of nitrogens with zero attached hydrogens (tertiary/aromatic N) is 4. The molecule has 0 atom stereocenters. The molecule has 1 N–H and O–H groups in total. The van der Waals surface area contributed by atoms with Gasteiger partial charge in [0, 0.05) is 11.1 Å². The Morgan fingerprint density at radius 1 is 1.29 bits per heavy atom. The smallest absolute Gasteiger partial charge is 0.209 e. The Morgan fingerprint density at radius 2 is 2.18 bits per heavy atom. The van der Waals surface area contributed by atoms with E-state index >= 15 is 0 Å². The van der Waals surface area contributed by atoms with Gasteiger partial charge >= 0.3 is 0 Å². The van der Waals surface area contributed by atoms with Gasteiger partial charge in [-0.1, -0.05) is 23.9 Å². The standard InChI is InChI=1S/C11H10N4OS/c16-5-6-17-11-13-10-8-3-1-2-4-9(8)12-7-15(10)14-11/h1-4,7,16H,5-6H2. The molecule has 0 fully saturated rings. The maximum atomic E-state index is 8.78. The molecule has 6 heteroatoms. The highest BCUT2D eigenvalue weighted by molar-refractivity contribution is 7.99. The molecule has 3 aromatic rings. The van der Waals surface area contributed by atoms with Crippen molar-refractivity contribution in [3.8, 4) is 0 Å². The highest BCUT2D eigenvalue weighted by Gasteiger charge is 2.07. The molecule has 2 aromatic heterocycles. The first-order valence-electron chi connectivity index (χ1n) is 5.22. The van der Waals surface area contributed by atoms with E-state index in [1.54, 1.807) is 10.8 Å². The maximum absolute atomic E-state index is 8.78. The fourth-order valence-electron chi connectivity index (χ4n) is 1.66. The van der Waals surface area contributed by atoms with Crippen LogP contribution in [0.1, 0.15) is 0 Å². The first kappa shape index (κ1) is 10.5. The van der Waals surface area contributed by atoms with Crippen molar-refractivity contribution in [3.05, 3.63) is 30.6 Å². The van der Waals surface area contributed by atoms with E-state index in [2.05, 4.69) is 15.1 Å². The van der Waals surface area contributed by atoms with Crippen LogP contribution in [0.3, 0.4) is 0 Å². The van der Waals surface area contributed by atoms with E-state index in [0.717, 1.165) is 16.6 Å². The third-order valence-corrected chi connectivity index (χ3v) is 3.20. The number of hydrogen-bond donors (Lipinski definition) is 1. The number of aromatic nitrogens is 4. The Kier molecular flexibility index (Phi) is 2.66. The summed E-state index contributed by atoms with van der Waals surface area (Å²) in [6.07, 6.45) is 1.66. The number of fused-ring (bicyclic) bond motifs is 3. The molecule has 0 aliphatic rings. The van der Waals surface area contributed by atoms with Crippen molar-refractivity contribution in [1.82, 2.24) is 19.6 Å². The summed E-state index contributed by atoms with van der Waals surface area (Å²) in [5.41, 5.74) is 1.71. The fourth-order valence-corrected chi connectivity index (χ4v) is 2.23. The highest BCUT2D eigenvalue weighted by atomic mass is 32.2. The third kappa shape index (κ3) is 1.85. The molecule has 0 bridgehead atoms. The minimum Gasteiger partial charge on any atom is -0.396 e. The summed E-state index contributed by atoms with van der Waals surface area (Å²) in [6, 6.07) is 7.83. The van der Waals surface area contributed by atoms with Crippen LogP contribution in [-0.4, -0.2) is 37.0 Å². The van der Waals surface area contributed by atoms with Gasteiger partial charge in [-0.25, -0.2) is 14.5 Å². The summed E-state index contributed by atoms with van der Waals surface area (Å²) >= 11 is 1.43. The summed E-state index contributed by atoms with van der Waals surface area (Å²) in [5.74, 6) is 0.599. The Morgan fingerprint density at radius 3 is 3.06 bits per heavy atom. The zero-order chi connectivity index (χ0) is 11.7. The van der Waals surface area contributed by atoms with E-state index in [1.807, 2.05) is 24.3 Å². The van der Waals surface area contributed by atoms with E-state index in [9.17, 15) is 0 Å². The molecule has 0 aliphatic carbocycles. The van der Waals surface area contributed by atoms with Crippen LogP contribution >= 0.6 is 11.8 Å². The van der Waals surface area contributed by atoms with E-state index in [0.29, 0.717) is 10.9 Å². The number of aliphatic hydroxyl groups is 1. The van der Waals surface area contributed by atoms with Crippen LogP contribution in [0.25, 0.3) is 16.6 Å². The molecule has 0 unspecified atom stereocenters. The molecule has 2 heterocycles. The molecule has 0 amide bonds. The van der Waals surface area contributed by atoms with Crippen LogP contribution in [0.5, 0.6) is 0 Å². The number of thioether (sulfide) groups is 1. The van der Waals surface area contributed by atoms with E-state index in [4.69, 9.17) is 5.11 Å². The lowest BCUT2D eigenvalue weighted by Crippen LogP contribution is -1.91. The Bertz CT molecular complexity index is 667. The number of rotatable bonds is 3. The van der Waals surface area contributed by atoms with Gasteiger partial charge in [0.05, 0.1) is 12.1 Å². The summed E-state index contributed by atoms with van der Waals surface area (Å²) in [6.45, 7) is 0.124. The molecule has 0 saturated heterocycles. The summed E-state index contributed by atoms with van der Waals surface area (Å²) in [7, 11) is 0. The maximum Gasteiger partial charge on any atom is 0.209 e. The van der Waals surface area contributed by atoms with E-state index in [1.165, 1.54) is 11.8 Å². The van der Waals surface area contributed by atoms with Crippen molar-refractivity contribution in [2.45, 2.75) is 5.16 Å². The average Bonchev–Trinajstić information content (AvgIpc) is 2.79. The third-order valence-electron chi connectivity index (χ3n) is 2.39. The van der Waals surface area contributed by atoms with Crippen molar-refractivity contribution < 1.29 is 5.11 Å². The SMILES string of the molecule is OCCSc1nc2c3ccccc3ncn2n1. The van der Waals surface area contributed by atoms with Crippen LogP contribution in [0, 0.1) is 0 Å². The van der Waals surface area contributed by atoms with Crippen LogP contribution < -0.4 is 0 Å². The minimum absolute atomic E-state index is 0.124. The lowest BCUT2D eigenvalue weighted by atomic mass is 10.2. The second kappa shape index (κ2) is 4.31. The summed E-state index contributed by atoms with van der Waals surface area (Å²) in [5, 5.41) is 14.7. The van der Waals surface area contributed by atoms with Crippen molar-refractivity contribution in [1.29, 1.82) is 0 Å². The fraction of sp³-hybridized carbons (Fsp3) is 0.182. The van der Waals surface area contributed by atoms with Crippen molar-refractivity contribution in [3.63, 3.8) is 0 Å². The van der Waals surface area contributed by atoms with Crippen LogP contribution in [0.15, 0.2) is 35.7 Å². The molecule has 3 rings (SSSR count). The van der Waals surface area contributed by atoms with Gasteiger partial charge in [-0.15, -0.1) is 5.10 Å². The second-order valence-corrected chi connectivity index (χ2v) is 4.56. The van der Waals surface area contributed by atoms with Gasteiger partial charge in [-0.3, -0.25) is 0 Å². The molecule has 1 aromatic carbocycles. The van der Waals surface area contributed by atoms with Gasteiger partial charge < -0.3 is 5.11 Å². The normalized spacial score (nSPS) is 11.4. The van der Waals surface area contributed by atoms with Gasteiger partial charge in [0.1, 0.15) is 6.33 Å². The predicted molar refractivity (Wildman–Crippen MR) is 66.1 cm³/mol. The molecule has 86 valence electrons. The predicted octanol–water partition coefficient (Wildman–Crippen LogP) is 1.36. The zero-order valence-corrected chi connectivity index (χ0v) is 9.76. The first-order chi connectivity index (χ1) is 8.38. The largest absolute Gasteiger partial charge is 0.396 e. The molecular weight excluding hydrogens is 236 g/mol. The van der Waals surface area contributed by atoms with Crippen LogP contribution in [0.2, 0.25) is 0 Å².